The second-order valence-electron chi connectivity index (χ2n) is 13.5. The number of phosphoric ester groups is 1. The van der Waals surface area contributed by atoms with Crippen molar-refractivity contribution in [1.82, 2.24) is 0 Å². The van der Waals surface area contributed by atoms with Crippen molar-refractivity contribution in [2.24, 2.45) is 5.73 Å². The largest absolute Gasteiger partial charge is 0.472 e. The summed E-state index contributed by atoms with van der Waals surface area (Å²) in [7, 11) is -4.31. The van der Waals surface area contributed by atoms with Crippen molar-refractivity contribution in [2.45, 2.75) is 161 Å². The van der Waals surface area contributed by atoms with E-state index in [9.17, 15) is 14.3 Å². The standard InChI is InChI=1S/C45H78NO7P/c1-3-5-7-9-11-13-15-17-19-20-21-22-23-25-27-29-31-33-35-37-40-50-42-44(43-52-54(48,49)51-41-39-46)53-45(47)38-36-34-32-30-28-26-24-18-16-14-12-10-8-6-4-2/h6,8,11-14,17-19,24,28,30,34,36,44H,3-5,7,9-10,15-16,20-23,25-27,29,31-33,35,37-43,46H2,1-2H3,(H,48,49)/b8-6-,13-11-,14-12-,19-17-,24-18-,30-28-,36-34-. The molecule has 0 fully saturated rings. The van der Waals surface area contributed by atoms with Crippen LogP contribution in [0.3, 0.4) is 0 Å². The molecule has 3 N–H and O–H groups in total. The molecule has 9 heteroatoms. The van der Waals surface area contributed by atoms with Crippen molar-refractivity contribution < 1.29 is 32.8 Å². The minimum atomic E-state index is -4.31. The normalized spacial score (nSPS) is 14.4. The van der Waals surface area contributed by atoms with Crippen LogP contribution >= 0.6 is 7.82 Å². The number of nitrogens with two attached hydrogens (primary N) is 1. The summed E-state index contributed by atoms with van der Waals surface area (Å²) in [5.74, 6) is -0.461. The Labute approximate surface area is 330 Å². The summed E-state index contributed by atoms with van der Waals surface area (Å²) in [6.07, 6.45) is 53.5. The molecule has 0 heterocycles. The van der Waals surface area contributed by atoms with Crippen LogP contribution in [-0.2, 0) is 27.9 Å². The van der Waals surface area contributed by atoms with Crippen molar-refractivity contribution >= 4 is 13.8 Å². The van der Waals surface area contributed by atoms with Crippen LogP contribution < -0.4 is 5.73 Å². The maximum Gasteiger partial charge on any atom is 0.472 e. The third-order valence-corrected chi connectivity index (χ3v) is 9.31. The van der Waals surface area contributed by atoms with E-state index in [2.05, 4.69) is 86.8 Å². The number of unbranched alkanes of at least 4 members (excludes halogenated alkanes) is 13. The van der Waals surface area contributed by atoms with E-state index < -0.39 is 19.9 Å². The number of rotatable bonds is 39. The molecule has 0 bridgehead atoms. The smallest absolute Gasteiger partial charge is 0.457 e. The lowest BCUT2D eigenvalue weighted by atomic mass is 10.1. The summed E-state index contributed by atoms with van der Waals surface area (Å²) in [6, 6.07) is 0. The summed E-state index contributed by atoms with van der Waals surface area (Å²) in [5.41, 5.74) is 5.36. The molecule has 0 spiro atoms. The van der Waals surface area contributed by atoms with Crippen LogP contribution in [-0.4, -0.2) is 49.9 Å². The molecule has 8 nitrogen and oxygen atoms in total. The molecule has 0 aromatic rings. The Morgan fingerprint density at radius 2 is 1.04 bits per heavy atom. The van der Waals surface area contributed by atoms with Crippen LogP contribution in [0.2, 0.25) is 0 Å². The van der Waals surface area contributed by atoms with Gasteiger partial charge in [-0.25, -0.2) is 4.57 Å². The Kier molecular flexibility index (Phi) is 40.0. The number of ether oxygens (including phenoxy) is 2. The van der Waals surface area contributed by atoms with Crippen LogP contribution in [0, 0.1) is 0 Å². The number of carbonyl (C=O) groups is 1. The average Bonchev–Trinajstić information content (AvgIpc) is 3.16. The molecule has 0 rings (SSSR count). The fourth-order valence-electron chi connectivity index (χ4n) is 5.28. The molecule has 0 saturated heterocycles. The highest BCUT2D eigenvalue weighted by Crippen LogP contribution is 2.43. The van der Waals surface area contributed by atoms with Crippen LogP contribution in [0.4, 0.5) is 0 Å². The first-order valence-electron chi connectivity index (χ1n) is 21.1. The molecular weight excluding hydrogens is 697 g/mol. The molecule has 0 aromatic heterocycles. The summed E-state index contributed by atoms with van der Waals surface area (Å²) in [4.78, 5) is 22.4. The Morgan fingerprint density at radius 1 is 0.574 bits per heavy atom. The minimum Gasteiger partial charge on any atom is -0.457 e. The molecule has 54 heavy (non-hydrogen) atoms. The van der Waals surface area contributed by atoms with E-state index in [-0.39, 0.29) is 32.8 Å². The first-order valence-corrected chi connectivity index (χ1v) is 22.6. The zero-order chi connectivity index (χ0) is 39.5. The first kappa shape index (κ1) is 51.7. The van der Waals surface area contributed by atoms with Crippen LogP contribution in [0.5, 0.6) is 0 Å². The molecule has 0 radical (unpaired) electrons. The second-order valence-corrected chi connectivity index (χ2v) is 14.9. The third kappa shape index (κ3) is 40.9. The highest BCUT2D eigenvalue weighted by molar-refractivity contribution is 7.47. The lowest BCUT2D eigenvalue weighted by Gasteiger charge is -2.19. The molecule has 0 aliphatic rings. The predicted octanol–water partition coefficient (Wildman–Crippen LogP) is 12.5. The fraction of sp³-hybridized carbons (Fsp3) is 0.667. The van der Waals surface area contributed by atoms with E-state index in [1.165, 1.54) is 83.5 Å². The summed E-state index contributed by atoms with van der Waals surface area (Å²) in [6.45, 7) is 4.62. The van der Waals surface area contributed by atoms with Crippen LogP contribution in [0.1, 0.15) is 155 Å². The molecule has 310 valence electrons. The quantitative estimate of drug-likeness (QED) is 0.0274. The number of carbonyl (C=O) groups excluding carboxylic acids is 1. The van der Waals surface area contributed by atoms with E-state index >= 15 is 0 Å². The maximum atomic E-state index is 12.5. The van der Waals surface area contributed by atoms with Gasteiger partial charge >= 0.3 is 13.8 Å². The molecule has 0 amide bonds. The molecule has 2 atom stereocenters. The van der Waals surface area contributed by atoms with Gasteiger partial charge in [0.1, 0.15) is 6.10 Å². The molecule has 0 aromatic carbocycles. The molecule has 0 aliphatic carbocycles. The van der Waals surface area contributed by atoms with Gasteiger partial charge in [-0.2, -0.15) is 0 Å². The van der Waals surface area contributed by atoms with Gasteiger partial charge in [0.05, 0.1) is 26.2 Å². The van der Waals surface area contributed by atoms with Crippen molar-refractivity contribution in [3.05, 3.63) is 85.1 Å². The van der Waals surface area contributed by atoms with Gasteiger partial charge in [-0.05, 0) is 70.6 Å². The van der Waals surface area contributed by atoms with Crippen molar-refractivity contribution in [1.29, 1.82) is 0 Å². The highest BCUT2D eigenvalue weighted by atomic mass is 31.2. The SMILES string of the molecule is CC/C=C\C/C=C\C/C=C\C/C=C\C/C=C\CC(=O)OC(COCCCCCCCCCCCC/C=C\C/C=C\CCCCC)COP(=O)(O)OCCN. The monoisotopic (exact) mass is 776 g/mol. The van der Waals surface area contributed by atoms with Gasteiger partial charge in [0, 0.05) is 13.2 Å². The Morgan fingerprint density at radius 3 is 1.56 bits per heavy atom. The predicted molar refractivity (Wildman–Crippen MR) is 228 cm³/mol. The van der Waals surface area contributed by atoms with Gasteiger partial charge in [0.2, 0.25) is 0 Å². The van der Waals surface area contributed by atoms with Crippen molar-refractivity contribution in [3.63, 3.8) is 0 Å². The molecule has 0 saturated carbocycles. The number of hydrogen-bond acceptors (Lipinski definition) is 7. The van der Waals surface area contributed by atoms with Crippen LogP contribution in [0.15, 0.2) is 85.1 Å². The van der Waals surface area contributed by atoms with Gasteiger partial charge in [-0.3, -0.25) is 13.8 Å². The summed E-state index contributed by atoms with van der Waals surface area (Å²) < 4.78 is 33.3. The zero-order valence-electron chi connectivity index (χ0n) is 34.2. The van der Waals surface area contributed by atoms with Crippen molar-refractivity contribution in [3.8, 4) is 0 Å². The van der Waals surface area contributed by atoms with Gasteiger partial charge in [-0.15, -0.1) is 0 Å². The topological polar surface area (TPSA) is 117 Å². The van der Waals surface area contributed by atoms with Gasteiger partial charge < -0.3 is 20.1 Å². The van der Waals surface area contributed by atoms with E-state index in [4.69, 9.17) is 24.3 Å². The fourth-order valence-corrected chi connectivity index (χ4v) is 6.04. The maximum absolute atomic E-state index is 12.5. The van der Waals surface area contributed by atoms with Gasteiger partial charge in [-0.1, -0.05) is 163 Å². The van der Waals surface area contributed by atoms with E-state index in [0.717, 1.165) is 44.9 Å². The van der Waals surface area contributed by atoms with E-state index in [1.807, 2.05) is 6.08 Å². The Bertz CT molecular complexity index is 1100. The number of hydrogen-bond donors (Lipinski definition) is 2. The van der Waals surface area contributed by atoms with Crippen molar-refractivity contribution in [2.75, 3.05) is 33.0 Å². The Balaban J connectivity index is 4.15. The van der Waals surface area contributed by atoms with Gasteiger partial charge in [0.15, 0.2) is 0 Å². The van der Waals surface area contributed by atoms with E-state index in [1.54, 1.807) is 6.08 Å². The highest BCUT2D eigenvalue weighted by Gasteiger charge is 2.25. The average molecular weight is 776 g/mol. The van der Waals surface area contributed by atoms with Crippen LogP contribution in [0.25, 0.3) is 0 Å². The lowest BCUT2D eigenvalue weighted by Crippen LogP contribution is -2.28. The third-order valence-electron chi connectivity index (χ3n) is 8.33. The number of phosphoric acid groups is 1. The Hall–Kier alpha value is -2.32. The zero-order valence-corrected chi connectivity index (χ0v) is 35.1. The molecular formula is C45H78NO7P. The number of allylic oxidation sites excluding steroid dienone is 13. The number of esters is 1. The summed E-state index contributed by atoms with van der Waals surface area (Å²) >= 11 is 0. The molecule has 0 aliphatic heterocycles. The van der Waals surface area contributed by atoms with Gasteiger partial charge in [0.25, 0.3) is 0 Å². The molecule has 2 unspecified atom stereocenters. The second kappa shape index (κ2) is 41.8. The van der Waals surface area contributed by atoms with E-state index in [0.29, 0.717) is 13.0 Å². The lowest BCUT2D eigenvalue weighted by molar-refractivity contribution is -0.153. The minimum absolute atomic E-state index is 0.0697. The first-order chi connectivity index (χ1) is 26.4. The summed E-state index contributed by atoms with van der Waals surface area (Å²) in [5, 5.41) is 0.